The summed E-state index contributed by atoms with van der Waals surface area (Å²) in [5, 5.41) is 14.5. The molecule has 0 unspecified atom stereocenters. The fourth-order valence-electron chi connectivity index (χ4n) is 4.44. The smallest absolute Gasteiger partial charge is 0.407 e. The maximum atomic E-state index is 12.7. The fourth-order valence-corrected chi connectivity index (χ4v) is 4.44. The first-order chi connectivity index (χ1) is 17.8. The third-order valence-electron chi connectivity index (χ3n) is 6.46. The van der Waals surface area contributed by atoms with Crippen LogP contribution in [0.25, 0.3) is 11.1 Å². The van der Waals surface area contributed by atoms with Gasteiger partial charge in [-0.2, -0.15) is 0 Å². The topological polar surface area (TPSA) is 114 Å². The molecule has 0 aliphatic heterocycles. The van der Waals surface area contributed by atoms with E-state index in [0.29, 0.717) is 0 Å². The molecule has 3 aromatic rings. The van der Waals surface area contributed by atoms with Crippen molar-refractivity contribution in [3.63, 3.8) is 0 Å². The second-order valence-corrected chi connectivity index (χ2v) is 9.02. The van der Waals surface area contributed by atoms with E-state index in [0.717, 1.165) is 27.8 Å². The lowest BCUT2D eigenvalue weighted by Crippen LogP contribution is -2.54. The lowest BCUT2D eigenvalue weighted by molar-refractivity contribution is -0.146. The highest BCUT2D eigenvalue weighted by Gasteiger charge is 2.31. The minimum absolute atomic E-state index is 0.107. The third kappa shape index (κ3) is 6.16. The van der Waals surface area contributed by atoms with Gasteiger partial charge in [0.2, 0.25) is 5.91 Å². The van der Waals surface area contributed by atoms with Crippen LogP contribution in [-0.4, -0.2) is 47.9 Å². The monoisotopic (exact) mass is 502 g/mol. The summed E-state index contributed by atoms with van der Waals surface area (Å²) in [7, 11) is 0. The summed E-state index contributed by atoms with van der Waals surface area (Å²) in [5.41, 5.74) is 5.27. The molecule has 8 heteroatoms. The highest BCUT2D eigenvalue weighted by molar-refractivity contribution is 5.89. The van der Waals surface area contributed by atoms with Gasteiger partial charge in [0.05, 0.1) is 12.7 Å². The van der Waals surface area contributed by atoms with Gasteiger partial charge in [-0.1, -0.05) is 78.9 Å². The van der Waals surface area contributed by atoms with Crippen LogP contribution in [0.1, 0.15) is 36.5 Å². The summed E-state index contributed by atoms with van der Waals surface area (Å²) in [6.07, 6.45) is -1.56. The Morgan fingerprint density at radius 1 is 0.838 bits per heavy atom. The molecule has 3 N–H and O–H groups in total. The molecule has 0 heterocycles. The van der Waals surface area contributed by atoms with Crippen LogP contribution in [0.15, 0.2) is 78.9 Å². The maximum Gasteiger partial charge on any atom is 0.407 e. The van der Waals surface area contributed by atoms with Crippen LogP contribution < -0.4 is 10.6 Å². The van der Waals surface area contributed by atoms with Crippen molar-refractivity contribution >= 4 is 18.0 Å². The highest BCUT2D eigenvalue weighted by atomic mass is 16.5. The molecule has 1 aliphatic rings. The van der Waals surface area contributed by atoms with Crippen molar-refractivity contribution in [3.8, 4) is 11.1 Å². The molecule has 3 atom stereocenters. The normalized spacial score (nSPS) is 14.5. The molecule has 0 aromatic heterocycles. The molecule has 192 valence electrons. The summed E-state index contributed by atoms with van der Waals surface area (Å²) in [6.45, 7) is 3.35. The van der Waals surface area contributed by atoms with Crippen LogP contribution in [-0.2, 0) is 25.7 Å². The van der Waals surface area contributed by atoms with E-state index in [1.54, 1.807) is 6.92 Å². The number of aliphatic carboxylic acids is 1. The van der Waals surface area contributed by atoms with Crippen molar-refractivity contribution in [1.29, 1.82) is 0 Å². The first-order valence-electron chi connectivity index (χ1n) is 12.2. The first kappa shape index (κ1) is 25.9. The van der Waals surface area contributed by atoms with E-state index in [9.17, 15) is 19.5 Å². The molecule has 2 amide bonds. The summed E-state index contributed by atoms with van der Waals surface area (Å²) in [6, 6.07) is 23.0. The number of rotatable bonds is 10. The number of amides is 2. The van der Waals surface area contributed by atoms with Crippen LogP contribution in [0.4, 0.5) is 4.79 Å². The van der Waals surface area contributed by atoms with Crippen molar-refractivity contribution in [2.24, 2.45) is 0 Å². The first-order valence-corrected chi connectivity index (χ1v) is 12.2. The number of fused-ring (bicyclic) bond motifs is 3. The lowest BCUT2D eigenvalue weighted by Gasteiger charge is -2.24. The zero-order chi connectivity index (χ0) is 26.4. The Kier molecular flexibility index (Phi) is 8.20. The van der Waals surface area contributed by atoms with E-state index in [-0.39, 0.29) is 19.1 Å². The summed E-state index contributed by atoms with van der Waals surface area (Å²) in [4.78, 5) is 36.9. The van der Waals surface area contributed by atoms with Crippen LogP contribution in [0, 0.1) is 0 Å². The number of benzene rings is 3. The van der Waals surface area contributed by atoms with Gasteiger partial charge in [-0.3, -0.25) is 4.79 Å². The van der Waals surface area contributed by atoms with E-state index in [1.165, 1.54) is 6.92 Å². The van der Waals surface area contributed by atoms with Crippen molar-refractivity contribution in [2.75, 3.05) is 6.61 Å². The predicted molar refractivity (Wildman–Crippen MR) is 138 cm³/mol. The fraction of sp³-hybridized carbons (Fsp3) is 0.276. The van der Waals surface area contributed by atoms with Gasteiger partial charge in [0.25, 0.3) is 0 Å². The second-order valence-electron chi connectivity index (χ2n) is 9.02. The van der Waals surface area contributed by atoms with E-state index < -0.39 is 36.2 Å². The van der Waals surface area contributed by atoms with Gasteiger partial charge in [0.1, 0.15) is 12.6 Å². The Labute approximate surface area is 215 Å². The molecule has 4 rings (SSSR count). The number of carbonyl (C=O) groups excluding carboxylic acids is 2. The Morgan fingerprint density at radius 3 is 2.00 bits per heavy atom. The average Bonchev–Trinajstić information content (AvgIpc) is 3.23. The van der Waals surface area contributed by atoms with Gasteiger partial charge in [-0.05, 0) is 41.7 Å². The Morgan fingerprint density at radius 2 is 1.41 bits per heavy atom. The van der Waals surface area contributed by atoms with Gasteiger partial charge >= 0.3 is 12.1 Å². The standard InChI is InChI=1S/C29H30N2O6/c1-18(27(32)31-26(28(33)34)19(2)36-16-20-10-4-3-5-11-20)30-29(35)37-17-25-23-14-8-6-12-21(23)22-13-7-9-15-24(22)25/h3-15,18-19,25-26H,16-17H2,1-2H3,(H,30,35)(H,31,32)(H,33,34)/t18-,19+,26-/m1/s1. The highest BCUT2D eigenvalue weighted by Crippen LogP contribution is 2.44. The zero-order valence-corrected chi connectivity index (χ0v) is 20.7. The Bertz CT molecular complexity index is 1220. The molecular weight excluding hydrogens is 472 g/mol. The molecule has 1 aliphatic carbocycles. The molecule has 37 heavy (non-hydrogen) atoms. The molecule has 0 spiro atoms. The van der Waals surface area contributed by atoms with E-state index in [1.807, 2.05) is 78.9 Å². The van der Waals surface area contributed by atoms with Gasteiger partial charge in [0.15, 0.2) is 6.04 Å². The van der Waals surface area contributed by atoms with E-state index in [2.05, 4.69) is 10.6 Å². The second kappa shape index (κ2) is 11.7. The molecule has 0 radical (unpaired) electrons. The van der Waals surface area contributed by atoms with Gasteiger partial charge in [0, 0.05) is 5.92 Å². The predicted octanol–water partition coefficient (Wildman–Crippen LogP) is 4.09. The molecule has 0 saturated heterocycles. The Balaban J connectivity index is 1.30. The zero-order valence-electron chi connectivity index (χ0n) is 20.7. The summed E-state index contributed by atoms with van der Waals surface area (Å²) < 4.78 is 11.1. The van der Waals surface area contributed by atoms with Crippen molar-refractivity contribution in [1.82, 2.24) is 10.6 Å². The molecule has 3 aromatic carbocycles. The van der Waals surface area contributed by atoms with Crippen LogP contribution in [0.3, 0.4) is 0 Å². The number of alkyl carbamates (subject to hydrolysis) is 1. The average molecular weight is 503 g/mol. The number of carboxylic acid groups (broad SMARTS) is 1. The van der Waals surface area contributed by atoms with Crippen molar-refractivity contribution < 1.29 is 29.0 Å². The van der Waals surface area contributed by atoms with Crippen LogP contribution in [0.5, 0.6) is 0 Å². The molecule has 0 saturated carbocycles. The van der Waals surface area contributed by atoms with E-state index >= 15 is 0 Å². The number of carboxylic acids is 1. The van der Waals surface area contributed by atoms with Crippen molar-refractivity contribution in [2.45, 2.75) is 44.6 Å². The number of ether oxygens (including phenoxy) is 2. The SMILES string of the molecule is C[C@H](OCc1ccccc1)[C@@H](NC(=O)[C@@H](C)NC(=O)OCC1c2ccccc2-c2ccccc21)C(=O)O. The third-order valence-corrected chi connectivity index (χ3v) is 6.46. The molecule has 0 fully saturated rings. The molecular formula is C29H30N2O6. The number of hydrogen-bond donors (Lipinski definition) is 3. The van der Waals surface area contributed by atoms with Gasteiger partial charge in [-0.15, -0.1) is 0 Å². The van der Waals surface area contributed by atoms with Crippen molar-refractivity contribution in [3.05, 3.63) is 95.6 Å². The largest absolute Gasteiger partial charge is 0.480 e. The van der Waals surface area contributed by atoms with Crippen LogP contribution in [0.2, 0.25) is 0 Å². The number of nitrogens with one attached hydrogen (secondary N) is 2. The summed E-state index contributed by atoms with van der Waals surface area (Å²) in [5.74, 6) is -2.00. The minimum atomic E-state index is -1.29. The molecule has 0 bridgehead atoms. The lowest BCUT2D eigenvalue weighted by atomic mass is 9.98. The maximum absolute atomic E-state index is 12.7. The minimum Gasteiger partial charge on any atom is -0.480 e. The number of hydrogen-bond acceptors (Lipinski definition) is 5. The molecule has 8 nitrogen and oxygen atoms in total. The van der Waals surface area contributed by atoms with E-state index in [4.69, 9.17) is 9.47 Å². The van der Waals surface area contributed by atoms with Crippen LogP contribution >= 0.6 is 0 Å². The Hall–Kier alpha value is -4.17. The summed E-state index contributed by atoms with van der Waals surface area (Å²) >= 11 is 0. The van der Waals surface area contributed by atoms with Gasteiger partial charge in [-0.25, -0.2) is 9.59 Å². The number of carbonyl (C=O) groups is 3. The quantitative estimate of drug-likeness (QED) is 0.385. The van der Waals surface area contributed by atoms with Gasteiger partial charge < -0.3 is 25.2 Å².